The third-order valence-corrected chi connectivity index (χ3v) is 4.43. The zero-order valence-electron chi connectivity index (χ0n) is 12.6. The standard InChI is InChI=1S/C13H21N5O2S/c1-4-10-15-16-12(21-10)14-11(19)9-6-5-7-18(8-9)13(20)17(2)3/h9H,4-8H2,1-3H3,(H,14,16,19). The Hall–Kier alpha value is -1.70. The van der Waals surface area contributed by atoms with Crippen LogP contribution >= 0.6 is 11.3 Å². The van der Waals surface area contributed by atoms with Gasteiger partial charge in [-0.3, -0.25) is 4.79 Å². The predicted molar refractivity (Wildman–Crippen MR) is 81.3 cm³/mol. The summed E-state index contributed by atoms with van der Waals surface area (Å²) in [5, 5.41) is 12.2. The van der Waals surface area contributed by atoms with Crippen molar-refractivity contribution >= 4 is 28.4 Å². The van der Waals surface area contributed by atoms with Crippen LogP contribution in [-0.4, -0.2) is 59.1 Å². The summed E-state index contributed by atoms with van der Waals surface area (Å²) in [6, 6.07) is -0.0447. The van der Waals surface area contributed by atoms with Gasteiger partial charge in [0.05, 0.1) is 5.92 Å². The van der Waals surface area contributed by atoms with Crippen molar-refractivity contribution in [3.8, 4) is 0 Å². The van der Waals surface area contributed by atoms with Crippen LogP contribution in [0.15, 0.2) is 0 Å². The van der Waals surface area contributed by atoms with E-state index in [-0.39, 0.29) is 17.9 Å². The highest BCUT2D eigenvalue weighted by Gasteiger charge is 2.29. The van der Waals surface area contributed by atoms with E-state index in [1.54, 1.807) is 23.9 Å². The smallest absolute Gasteiger partial charge is 0.319 e. The lowest BCUT2D eigenvalue weighted by Crippen LogP contribution is -2.47. The number of aryl methyl sites for hydroxylation is 1. The minimum atomic E-state index is -0.184. The maximum atomic E-state index is 12.3. The molecule has 1 aliphatic heterocycles. The zero-order chi connectivity index (χ0) is 15.4. The van der Waals surface area contributed by atoms with Crippen LogP contribution in [0.4, 0.5) is 9.93 Å². The van der Waals surface area contributed by atoms with E-state index >= 15 is 0 Å². The summed E-state index contributed by atoms with van der Waals surface area (Å²) in [6.45, 7) is 3.17. The maximum Gasteiger partial charge on any atom is 0.319 e. The Bertz CT molecular complexity index is 516. The number of piperidine rings is 1. The van der Waals surface area contributed by atoms with Crippen molar-refractivity contribution in [1.82, 2.24) is 20.0 Å². The highest BCUT2D eigenvalue weighted by atomic mass is 32.1. The lowest BCUT2D eigenvalue weighted by Gasteiger charge is -2.33. The first kappa shape index (κ1) is 15.7. The van der Waals surface area contributed by atoms with E-state index in [4.69, 9.17) is 0 Å². The average molecular weight is 311 g/mol. The monoisotopic (exact) mass is 311 g/mol. The number of aromatic nitrogens is 2. The number of hydrogen-bond donors (Lipinski definition) is 1. The molecule has 1 aromatic heterocycles. The Balaban J connectivity index is 1.94. The molecule has 1 aromatic rings. The van der Waals surface area contributed by atoms with Gasteiger partial charge in [-0.05, 0) is 19.3 Å². The second kappa shape index (κ2) is 6.84. The second-order valence-electron chi connectivity index (χ2n) is 5.31. The molecule has 1 atom stereocenters. The number of urea groups is 1. The van der Waals surface area contributed by atoms with Crippen LogP contribution < -0.4 is 5.32 Å². The lowest BCUT2D eigenvalue weighted by atomic mass is 9.97. The molecule has 116 valence electrons. The largest absolute Gasteiger partial charge is 0.331 e. The van der Waals surface area contributed by atoms with Gasteiger partial charge in [0.25, 0.3) is 0 Å². The van der Waals surface area contributed by atoms with Crippen molar-refractivity contribution in [3.05, 3.63) is 5.01 Å². The molecule has 21 heavy (non-hydrogen) atoms. The molecule has 1 N–H and O–H groups in total. The molecule has 0 spiro atoms. The third-order valence-electron chi connectivity index (χ3n) is 3.44. The number of rotatable bonds is 3. The van der Waals surface area contributed by atoms with Crippen LogP contribution in [0.3, 0.4) is 0 Å². The van der Waals surface area contributed by atoms with Crippen LogP contribution in [0.1, 0.15) is 24.8 Å². The van der Waals surface area contributed by atoms with Crippen molar-refractivity contribution in [1.29, 1.82) is 0 Å². The van der Waals surface area contributed by atoms with E-state index in [1.807, 2.05) is 6.92 Å². The van der Waals surface area contributed by atoms with E-state index in [1.165, 1.54) is 11.3 Å². The van der Waals surface area contributed by atoms with Gasteiger partial charge in [-0.25, -0.2) is 4.79 Å². The van der Waals surface area contributed by atoms with E-state index in [2.05, 4.69) is 15.5 Å². The van der Waals surface area contributed by atoms with Gasteiger partial charge in [-0.2, -0.15) is 0 Å². The van der Waals surface area contributed by atoms with Crippen molar-refractivity contribution in [3.63, 3.8) is 0 Å². The molecule has 3 amide bonds. The average Bonchev–Trinajstić information content (AvgIpc) is 2.94. The minimum Gasteiger partial charge on any atom is -0.331 e. The number of hydrogen-bond acceptors (Lipinski definition) is 5. The number of carbonyl (C=O) groups is 2. The molecular weight excluding hydrogens is 290 g/mol. The molecule has 0 saturated carbocycles. The lowest BCUT2D eigenvalue weighted by molar-refractivity contribution is -0.121. The fourth-order valence-electron chi connectivity index (χ4n) is 2.30. The number of anilines is 1. The first-order valence-electron chi connectivity index (χ1n) is 7.10. The molecule has 1 aliphatic rings. The normalized spacial score (nSPS) is 18.4. The molecule has 1 unspecified atom stereocenters. The molecule has 2 rings (SSSR count). The summed E-state index contributed by atoms with van der Waals surface area (Å²) >= 11 is 1.39. The van der Waals surface area contributed by atoms with Crippen molar-refractivity contribution in [2.45, 2.75) is 26.2 Å². The SMILES string of the molecule is CCc1nnc(NC(=O)C2CCCN(C(=O)N(C)C)C2)s1. The van der Waals surface area contributed by atoms with Crippen LogP contribution in [0.2, 0.25) is 0 Å². The Kier molecular flexibility index (Phi) is 5.11. The summed E-state index contributed by atoms with van der Waals surface area (Å²) in [4.78, 5) is 27.5. The Morgan fingerprint density at radius 1 is 1.43 bits per heavy atom. The summed E-state index contributed by atoms with van der Waals surface area (Å²) in [5.74, 6) is -0.262. The highest BCUT2D eigenvalue weighted by molar-refractivity contribution is 7.15. The van der Waals surface area contributed by atoms with Crippen molar-refractivity contribution < 1.29 is 9.59 Å². The van der Waals surface area contributed by atoms with Gasteiger partial charge in [-0.1, -0.05) is 18.3 Å². The highest BCUT2D eigenvalue weighted by Crippen LogP contribution is 2.21. The van der Waals surface area contributed by atoms with Crippen LogP contribution in [0, 0.1) is 5.92 Å². The van der Waals surface area contributed by atoms with Gasteiger partial charge in [0.2, 0.25) is 11.0 Å². The summed E-state index contributed by atoms with van der Waals surface area (Å²) < 4.78 is 0. The predicted octanol–water partition coefficient (Wildman–Crippen LogP) is 1.43. The van der Waals surface area contributed by atoms with Crippen LogP contribution in [0.5, 0.6) is 0 Å². The minimum absolute atomic E-state index is 0.0447. The second-order valence-corrected chi connectivity index (χ2v) is 6.37. The van der Waals surface area contributed by atoms with Crippen LogP contribution in [0.25, 0.3) is 0 Å². The molecule has 1 fully saturated rings. The van der Waals surface area contributed by atoms with Crippen LogP contribution in [-0.2, 0) is 11.2 Å². The first-order valence-corrected chi connectivity index (χ1v) is 7.92. The number of likely N-dealkylation sites (tertiary alicyclic amines) is 1. The molecule has 8 heteroatoms. The van der Waals surface area contributed by atoms with Gasteiger partial charge in [0.1, 0.15) is 5.01 Å². The van der Waals surface area contributed by atoms with Crippen molar-refractivity contribution in [2.24, 2.45) is 5.92 Å². The molecule has 7 nitrogen and oxygen atoms in total. The number of carbonyl (C=O) groups excluding carboxylic acids is 2. The summed E-state index contributed by atoms with van der Waals surface area (Å²) in [6.07, 6.45) is 2.44. The molecule has 0 radical (unpaired) electrons. The Morgan fingerprint density at radius 2 is 2.19 bits per heavy atom. The quantitative estimate of drug-likeness (QED) is 0.916. The van der Waals surface area contributed by atoms with Gasteiger partial charge in [0, 0.05) is 27.2 Å². The maximum absolute atomic E-state index is 12.3. The van der Waals surface area contributed by atoms with Gasteiger partial charge >= 0.3 is 6.03 Å². The Morgan fingerprint density at radius 3 is 2.81 bits per heavy atom. The summed E-state index contributed by atoms with van der Waals surface area (Å²) in [5.41, 5.74) is 0. The molecule has 1 saturated heterocycles. The van der Waals surface area contributed by atoms with E-state index in [0.717, 1.165) is 24.3 Å². The number of amides is 3. The van der Waals surface area contributed by atoms with E-state index < -0.39 is 0 Å². The third kappa shape index (κ3) is 3.90. The zero-order valence-corrected chi connectivity index (χ0v) is 13.4. The first-order chi connectivity index (χ1) is 10.0. The van der Waals surface area contributed by atoms with E-state index in [9.17, 15) is 9.59 Å². The summed E-state index contributed by atoms with van der Waals surface area (Å²) in [7, 11) is 3.44. The molecule has 0 aromatic carbocycles. The molecular formula is C13H21N5O2S. The van der Waals surface area contributed by atoms with E-state index in [0.29, 0.717) is 18.2 Å². The molecule has 2 heterocycles. The fourth-order valence-corrected chi connectivity index (χ4v) is 2.98. The number of nitrogens with zero attached hydrogens (tertiary/aromatic N) is 4. The number of nitrogens with one attached hydrogen (secondary N) is 1. The topological polar surface area (TPSA) is 78.4 Å². The fraction of sp³-hybridized carbons (Fsp3) is 0.692. The Labute approximate surface area is 128 Å². The van der Waals surface area contributed by atoms with Gasteiger partial charge in [0.15, 0.2) is 0 Å². The van der Waals surface area contributed by atoms with Gasteiger partial charge in [-0.15, -0.1) is 10.2 Å². The van der Waals surface area contributed by atoms with Crippen molar-refractivity contribution in [2.75, 3.05) is 32.5 Å². The van der Waals surface area contributed by atoms with Gasteiger partial charge < -0.3 is 15.1 Å². The molecule has 0 aliphatic carbocycles. The molecule has 0 bridgehead atoms.